The number of benzene rings is 1. The van der Waals surface area contributed by atoms with Gasteiger partial charge in [-0.15, -0.1) is 0 Å². The molecule has 0 aromatic heterocycles. The van der Waals surface area contributed by atoms with Crippen molar-refractivity contribution in [2.24, 2.45) is 0 Å². The van der Waals surface area contributed by atoms with E-state index in [4.69, 9.17) is 10.5 Å². The van der Waals surface area contributed by atoms with Crippen LogP contribution in [-0.4, -0.2) is 38.0 Å². The molecule has 1 aliphatic heterocycles. The van der Waals surface area contributed by atoms with Gasteiger partial charge in [0.25, 0.3) is 0 Å². The van der Waals surface area contributed by atoms with E-state index < -0.39 is 10.0 Å². The number of aryl methyl sites for hydroxylation is 1. The maximum Gasteiger partial charge on any atom is 0.243 e. The number of halogens is 1. The van der Waals surface area contributed by atoms with Gasteiger partial charge < -0.3 is 10.5 Å². The molecule has 0 radical (unpaired) electrons. The molecule has 0 aliphatic carbocycles. The Hall–Kier alpha value is -0.630. The van der Waals surface area contributed by atoms with Gasteiger partial charge in [0.05, 0.1) is 17.1 Å². The van der Waals surface area contributed by atoms with Crippen molar-refractivity contribution in [2.75, 3.05) is 18.8 Å². The predicted molar refractivity (Wildman–Crippen MR) is 82.1 cm³/mol. The first-order valence-electron chi connectivity index (χ1n) is 6.43. The van der Waals surface area contributed by atoms with Crippen molar-refractivity contribution >= 4 is 31.6 Å². The molecule has 1 aliphatic rings. The second-order valence-electron chi connectivity index (χ2n) is 5.22. The molecule has 0 unspecified atom stereocenters. The molecular weight excluding hydrogens is 344 g/mol. The van der Waals surface area contributed by atoms with Crippen molar-refractivity contribution in [3.63, 3.8) is 0 Å². The molecule has 2 atom stereocenters. The second-order valence-corrected chi connectivity index (χ2v) is 7.98. The van der Waals surface area contributed by atoms with Crippen LogP contribution in [0.3, 0.4) is 0 Å². The number of morpholine rings is 1. The Morgan fingerprint density at radius 2 is 1.85 bits per heavy atom. The van der Waals surface area contributed by atoms with Crippen LogP contribution in [0.15, 0.2) is 21.5 Å². The lowest BCUT2D eigenvalue weighted by molar-refractivity contribution is -0.0440. The fourth-order valence-electron chi connectivity index (χ4n) is 2.41. The van der Waals surface area contributed by atoms with Gasteiger partial charge in [-0.05, 0) is 54.4 Å². The lowest BCUT2D eigenvalue weighted by atomic mass is 10.2. The first-order valence-corrected chi connectivity index (χ1v) is 8.66. The van der Waals surface area contributed by atoms with Crippen LogP contribution in [-0.2, 0) is 14.8 Å². The summed E-state index contributed by atoms with van der Waals surface area (Å²) in [5.41, 5.74) is 6.91. The summed E-state index contributed by atoms with van der Waals surface area (Å²) in [5, 5.41) is 0. The standard InChI is InChI=1S/C13H19BrN2O3S/c1-8-4-11(14)12(15)5-13(8)20(17,18)16-6-9(2)19-10(3)7-16/h4-5,9-10H,6-7,15H2,1-3H3/t9-,10+. The van der Waals surface area contributed by atoms with Gasteiger partial charge >= 0.3 is 0 Å². The molecular formula is C13H19BrN2O3S. The maximum atomic E-state index is 12.8. The summed E-state index contributed by atoms with van der Waals surface area (Å²) in [5.74, 6) is 0. The van der Waals surface area contributed by atoms with Gasteiger partial charge in [-0.1, -0.05) is 0 Å². The normalized spacial score (nSPS) is 24.8. The average molecular weight is 363 g/mol. The molecule has 1 saturated heterocycles. The third-order valence-corrected chi connectivity index (χ3v) is 5.96. The summed E-state index contributed by atoms with van der Waals surface area (Å²) in [6.45, 7) is 6.25. The minimum atomic E-state index is -3.55. The molecule has 5 nitrogen and oxygen atoms in total. The Morgan fingerprint density at radius 3 is 2.40 bits per heavy atom. The van der Waals surface area contributed by atoms with Gasteiger partial charge in [0.1, 0.15) is 0 Å². The van der Waals surface area contributed by atoms with Gasteiger partial charge in [-0.25, -0.2) is 8.42 Å². The van der Waals surface area contributed by atoms with E-state index in [0.717, 1.165) is 0 Å². The van der Waals surface area contributed by atoms with Crippen molar-refractivity contribution in [3.05, 3.63) is 22.2 Å². The Kier molecular flexibility index (Phi) is 4.44. The number of nitrogens with zero attached hydrogens (tertiary/aromatic N) is 1. The summed E-state index contributed by atoms with van der Waals surface area (Å²) in [6, 6.07) is 3.25. The first-order chi connectivity index (χ1) is 9.21. The number of nitrogens with two attached hydrogens (primary N) is 1. The van der Waals surface area contributed by atoms with Gasteiger partial charge in [-0.2, -0.15) is 4.31 Å². The van der Waals surface area contributed by atoms with E-state index >= 15 is 0 Å². The van der Waals surface area contributed by atoms with Crippen LogP contribution < -0.4 is 5.73 Å². The molecule has 1 heterocycles. The zero-order valence-electron chi connectivity index (χ0n) is 11.8. The van der Waals surface area contributed by atoms with Crippen molar-refractivity contribution in [1.82, 2.24) is 4.31 Å². The molecule has 1 fully saturated rings. The molecule has 1 aromatic carbocycles. The average Bonchev–Trinajstić information content (AvgIpc) is 2.32. The number of rotatable bonds is 2. The number of hydrogen-bond acceptors (Lipinski definition) is 4. The number of ether oxygens (including phenoxy) is 1. The van der Waals surface area contributed by atoms with E-state index in [1.54, 1.807) is 13.0 Å². The number of nitrogen functional groups attached to an aromatic ring is 1. The Morgan fingerprint density at radius 1 is 1.30 bits per heavy atom. The Labute approximate surface area is 128 Å². The van der Waals surface area contributed by atoms with E-state index in [9.17, 15) is 8.42 Å². The fourth-order valence-corrected chi connectivity index (χ4v) is 4.70. The van der Waals surface area contributed by atoms with Crippen molar-refractivity contribution in [3.8, 4) is 0 Å². The van der Waals surface area contributed by atoms with Gasteiger partial charge in [-0.3, -0.25) is 0 Å². The molecule has 1 aromatic rings. The molecule has 112 valence electrons. The largest absolute Gasteiger partial charge is 0.398 e. The quantitative estimate of drug-likeness (QED) is 0.818. The number of hydrogen-bond donors (Lipinski definition) is 1. The molecule has 7 heteroatoms. The molecule has 2 rings (SSSR count). The van der Waals surface area contributed by atoms with Crippen LogP contribution in [0.1, 0.15) is 19.4 Å². The zero-order chi connectivity index (χ0) is 15.1. The lowest BCUT2D eigenvalue weighted by Crippen LogP contribution is -2.48. The number of sulfonamides is 1. The SMILES string of the molecule is Cc1cc(Br)c(N)cc1S(=O)(=O)N1C[C@@H](C)O[C@@H](C)C1. The van der Waals surface area contributed by atoms with Crippen LogP contribution in [0, 0.1) is 6.92 Å². The molecule has 0 saturated carbocycles. The van der Waals surface area contributed by atoms with E-state index in [0.29, 0.717) is 28.8 Å². The topological polar surface area (TPSA) is 72.6 Å². The highest BCUT2D eigenvalue weighted by Gasteiger charge is 2.33. The van der Waals surface area contributed by atoms with Crippen LogP contribution in [0.25, 0.3) is 0 Å². The van der Waals surface area contributed by atoms with Crippen LogP contribution in [0.4, 0.5) is 5.69 Å². The highest BCUT2D eigenvalue weighted by Crippen LogP contribution is 2.29. The van der Waals surface area contributed by atoms with E-state index in [2.05, 4.69) is 15.9 Å². The molecule has 2 N–H and O–H groups in total. The molecule has 0 bridgehead atoms. The van der Waals surface area contributed by atoms with E-state index in [1.807, 2.05) is 13.8 Å². The second kappa shape index (κ2) is 5.63. The summed E-state index contributed by atoms with van der Waals surface area (Å²) in [6.07, 6.45) is -0.219. The zero-order valence-corrected chi connectivity index (χ0v) is 14.2. The van der Waals surface area contributed by atoms with Crippen molar-refractivity contribution in [2.45, 2.75) is 37.9 Å². The first kappa shape index (κ1) is 15.8. The third kappa shape index (κ3) is 3.00. The van der Waals surface area contributed by atoms with Crippen LogP contribution >= 0.6 is 15.9 Å². The Balaban J connectivity index is 2.42. The number of anilines is 1. The smallest absolute Gasteiger partial charge is 0.243 e. The van der Waals surface area contributed by atoms with E-state index in [-0.39, 0.29) is 17.1 Å². The van der Waals surface area contributed by atoms with Crippen molar-refractivity contribution in [1.29, 1.82) is 0 Å². The molecule has 20 heavy (non-hydrogen) atoms. The monoisotopic (exact) mass is 362 g/mol. The highest BCUT2D eigenvalue weighted by atomic mass is 79.9. The van der Waals surface area contributed by atoms with Gasteiger partial charge in [0.2, 0.25) is 10.0 Å². The molecule has 0 amide bonds. The Bertz CT molecular complexity index is 608. The predicted octanol–water partition coefficient (Wildman–Crippen LogP) is 2.14. The van der Waals surface area contributed by atoms with Crippen LogP contribution in [0.5, 0.6) is 0 Å². The summed E-state index contributed by atoms with van der Waals surface area (Å²) in [7, 11) is -3.55. The van der Waals surface area contributed by atoms with Crippen molar-refractivity contribution < 1.29 is 13.2 Å². The van der Waals surface area contributed by atoms with Crippen LogP contribution in [0.2, 0.25) is 0 Å². The highest BCUT2D eigenvalue weighted by molar-refractivity contribution is 9.10. The third-order valence-electron chi connectivity index (χ3n) is 3.30. The van der Waals surface area contributed by atoms with Gasteiger partial charge in [0.15, 0.2) is 0 Å². The molecule has 0 spiro atoms. The lowest BCUT2D eigenvalue weighted by Gasteiger charge is -2.34. The minimum Gasteiger partial charge on any atom is -0.398 e. The van der Waals surface area contributed by atoms with E-state index in [1.165, 1.54) is 10.4 Å². The fraction of sp³-hybridized carbons (Fsp3) is 0.538. The minimum absolute atomic E-state index is 0.110. The van der Waals surface area contributed by atoms with Gasteiger partial charge in [0, 0.05) is 23.2 Å². The summed E-state index contributed by atoms with van der Waals surface area (Å²) >= 11 is 3.31. The summed E-state index contributed by atoms with van der Waals surface area (Å²) < 4.78 is 33.3. The summed E-state index contributed by atoms with van der Waals surface area (Å²) in [4.78, 5) is 0.263. The maximum absolute atomic E-state index is 12.8.